The predicted octanol–water partition coefficient (Wildman–Crippen LogP) is 5.14. The van der Waals surface area contributed by atoms with E-state index in [0.717, 1.165) is 5.69 Å². The van der Waals surface area contributed by atoms with Crippen LogP contribution < -0.4 is 10.4 Å². The first-order chi connectivity index (χ1) is 13.2. The zero-order valence-corrected chi connectivity index (χ0v) is 19.1. The van der Waals surface area contributed by atoms with Gasteiger partial charge in [0.1, 0.15) is 0 Å². The molecule has 0 atom stereocenters. The molecule has 5 aromatic rings. The molecule has 1 aliphatic rings. The van der Waals surface area contributed by atoms with Gasteiger partial charge in [-0.2, -0.15) is 0 Å². The molecule has 0 fully saturated rings. The fourth-order valence-electron chi connectivity index (χ4n) is 4.84. The monoisotopic (exact) mass is 553 g/mol. The van der Waals surface area contributed by atoms with E-state index < -0.39 is 8.07 Å². The maximum Gasteiger partial charge on any atom is 0.0659 e. The minimum Gasteiger partial charge on any atom is -0.304 e. The molecular weight excluding hydrogens is 535 g/mol. The number of pyridine rings is 1. The molecule has 0 saturated heterocycles. The van der Waals surface area contributed by atoms with Gasteiger partial charge in [-0.15, -0.1) is 35.0 Å². The Morgan fingerprint density at radius 2 is 1.64 bits per heavy atom. The Morgan fingerprint density at radius 1 is 0.786 bits per heavy atom. The number of aromatic nitrogens is 1. The summed E-state index contributed by atoms with van der Waals surface area (Å²) in [5.41, 5.74) is 2.30. The van der Waals surface area contributed by atoms with E-state index in [1.165, 1.54) is 48.3 Å². The van der Waals surface area contributed by atoms with Crippen molar-refractivity contribution in [1.29, 1.82) is 0 Å². The van der Waals surface area contributed by atoms with Crippen LogP contribution in [0.5, 0.6) is 0 Å². The molecule has 1 radical (unpaired) electrons. The van der Waals surface area contributed by atoms with Gasteiger partial charge in [0.15, 0.2) is 0 Å². The summed E-state index contributed by atoms with van der Waals surface area (Å²) in [6, 6.07) is 27.8. The van der Waals surface area contributed by atoms with Crippen LogP contribution in [0.1, 0.15) is 0 Å². The maximum atomic E-state index is 4.80. The van der Waals surface area contributed by atoms with Crippen molar-refractivity contribution in [2.75, 3.05) is 0 Å². The second kappa shape index (κ2) is 6.09. The second-order valence-corrected chi connectivity index (χ2v) is 12.3. The third-order valence-corrected chi connectivity index (χ3v) is 9.71. The fourth-order valence-corrected chi connectivity index (χ4v) is 7.84. The quantitative estimate of drug-likeness (QED) is 0.147. The standard InChI is InChI=1S/C25H18NSi.Ir/c1-27(2)22-10-6-5-9-20(22)25-24-19(13-14-26-25)18-12-11-16-7-3-4-8-17(16)21(18)15-23(24)27;/h3-8,10-15H,1-2H3;/q-1;. The van der Waals surface area contributed by atoms with Crippen molar-refractivity contribution < 1.29 is 20.1 Å². The van der Waals surface area contributed by atoms with Gasteiger partial charge in [-0.05, 0) is 44.1 Å². The largest absolute Gasteiger partial charge is 0.304 e. The van der Waals surface area contributed by atoms with Crippen molar-refractivity contribution >= 4 is 50.8 Å². The maximum absolute atomic E-state index is 4.80. The zero-order valence-electron chi connectivity index (χ0n) is 15.7. The molecule has 0 bridgehead atoms. The summed E-state index contributed by atoms with van der Waals surface area (Å²) in [6.07, 6.45) is 1.96. The topological polar surface area (TPSA) is 12.9 Å². The molecule has 1 aliphatic heterocycles. The Morgan fingerprint density at radius 3 is 2.54 bits per heavy atom. The van der Waals surface area contributed by atoms with Gasteiger partial charge in [-0.25, -0.2) is 0 Å². The van der Waals surface area contributed by atoms with E-state index in [9.17, 15) is 0 Å². The molecule has 6 rings (SSSR count). The molecule has 1 aromatic heterocycles. The van der Waals surface area contributed by atoms with Crippen LogP contribution in [0.4, 0.5) is 0 Å². The van der Waals surface area contributed by atoms with Crippen molar-refractivity contribution in [3.63, 3.8) is 0 Å². The van der Waals surface area contributed by atoms with Crippen molar-refractivity contribution in [1.82, 2.24) is 4.98 Å². The summed E-state index contributed by atoms with van der Waals surface area (Å²) in [7, 11) is -1.84. The van der Waals surface area contributed by atoms with Gasteiger partial charge in [0.25, 0.3) is 0 Å². The molecule has 0 spiro atoms. The van der Waals surface area contributed by atoms with E-state index in [1.807, 2.05) is 12.3 Å². The van der Waals surface area contributed by atoms with Gasteiger partial charge in [0.05, 0.1) is 8.07 Å². The van der Waals surface area contributed by atoms with E-state index in [1.54, 1.807) is 0 Å². The molecule has 0 N–H and O–H groups in total. The molecule has 0 unspecified atom stereocenters. The van der Waals surface area contributed by atoms with Crippen LogP contribution in [-0.4, -0.2) is 13.1 Å². The van der Waals surface area contributed by atoms with Gasteiger partial charge >= 0.3 is 0 Å². The van der Waals surface area contributed by atoms with Gasteiger partial charge in [-0.3, -0.25) is 0 Å². The Labute approximate surface area is 178 Å². The van der Waals surface area contributed by atoms with E-state index in [2.05, 4.69) is 79.8 Å². The van der Waals surface area contributed by atoms with Crippen LogP contribution in [0.15, 0.2) is 72.9 Å². The first-order valence-corrected chi connectivity index (χ1v) is 12.4. The molecular formula is C25H18IrNSi-. The molecule has 0 aliphatic carbocycles. The number of fused-ring (bicyclic) bond motifs is 6. The summed E-state index contributed by atoms with van der Waals surface area (Å²) < 4.78 is 0. The van der Waals surface area contributed by atoms with E-state index in [-0.39, 0.29) is 20.1 Å². The molecule has 1 nitrogen and oxygen atoms in total. The first-order valence-electron chi connectivity index (χ1n) is 9.41. The van der Waals surface area contributed by atoms with Gasteiger partial charge in [0, 0.05) is 26.3 Å². The van der Waals surface area contributed by atoms with Gasteiger partial charge in [0.2, 0.25) is 0 Å². The third kappa shape index (κ3) is 2.18. The average Bonchev–Trinajstić information content (AvgIpc) is 2.71. The number of benzene rings is 4. The van der Waals surface area contributed by atoms with E-state index in [0.29, 0.717) is 0 Å². The summed E-state index contributed by atoms with van der Waals surface area (Å²) in [5, 5.41) is 10.9. The molecule has 4 aromatic carbocycles. The summed E-state index contributed by atoms with van der Waals surface area (Å²) in [4.78, 5) is 4.80. The molecule has 0 amide bonds. The van der Waals surface area contributed by atoms with Crippen LogP contribution in [0.25, 0.3) is 43.6 Å². The number of hydrogen-bond acceptors (Lipinski definition) is 1. The fraction of sp³-hybridized carbons (Fsp3) is 0.0800. The number of rotatable bonds is 0. The van der Waals surface area contributed by atoms with Gasteiger partial charge < -0.3 is 4.98 Å². The van der Waals surface area contributed by atoms with Crippen LogP contribution >= 0.6 is 0 Å². The molecule has 137 valence electrons. The second-order valence-electron chi connectivity index (χ2n) is 7.97. The average molecular weight is 553 g/mol. The van der Waals surface area contributed by atoms with Crippen LogP contribution in [0.3, 0.4) is 0 Å². The number of hydrogen-bond donors (Lipinski definition) is 0. The first kappa shape index (κ1) is 17.8. The molecule has 28 heavy (non-hydrogen) atoms. The Bertz CT molecular complexity index is 1400. The minimum atomic E-state index is -1.84. The van der Waals surface area contributed by atoms with Crippen molar-refractivity contribution in [3.8, 4) is 11.3 Å². The smallest absolute Gasteiger partial charge is 0.0659 e. The third-order valence-electron chi connectivity index (χ3n) is 6.21. The minimum absolute atomic E-state index is 0. The Balaban J connectivity index is 0.00000171. The normalized spacial score (nSPS) is 14.1. The van der Waals surface area contributed by atoms with Crippen molar-refractivity contribution in [2.45, 2.75) is 13.1 Å². The molecule has 3 heteroatoms. The van der Waals surface area contributed by atoms with E-state index in [4.69, 9.17) is 4.98 Å². The predicted molar refractivity (Wildman–Crippen MR) is 118 cm³/mol. The molecule has 0 saturated carbocycles. The van der Waals surface area contributed by atoms with Crippen molar-refractivity contribution in [3.05, 3.63) is 79.0 Å². The SMILES string of the molecule is C[Si]1(C)c2ccc[c-]c2-c2nccc3c2c1cc1c2ccccc2ccc31.[Ir]. The summed E-state index contributed by atoms with van der Waals surface area (Å²) >= 11 is 0. The Hall–Kier alpha value is -2.32. The van der Waals surface area contributed by atoms with Crippen LogP contribution in [0.2, 0.25) is 13.1 Å². The van der Waals surface area contributed by atoms with Crippen LogP contribution in [0, 0.1) is 6.07 Å². The van der Waals surface area contributed by atoms with E-state index >= 15 is 0 Å². The molecule has 2 heterocycles. The number of nitrogens with zero attached hydrogens (tertiary/aromatic N) is 1. The zero-order chi connectivity index (χ0) is 18.2. The Kier molecular flexibility index (Phi) is 3.86. The van der Waals surface area contributed by atoms with Gasteiger partial charge in [-0.1, -0.05) is 60.7 Å². The van der Waals surface area contributed by atoms with Crippen LogP contribution in [-0.2, 0) is 20.1 Å². The van der Waals surface area contributed by atoms with Crippen molar-refractivity contribution in [2.24, 2.45) is 0 Å². The summed E-state index contributed by atoms with van der Waals surface area (Å²) in [5.74, 6) is 0. The summed E-state index contributed by atoms with van der Waals surface area (Å²) in [6.45, 7) is 4.92.